The summed E-state index contributed by atoms with van der Waals surface area (Å²) < 4.78 is 11.5. The highest BCUT2D eigenvalue weighted by atomic mass is 16.5. The topological polar surface area (TPSA) is 67.6 Å². The third-order valence-electron chi connectivity index (χ3n) is 6.02. The molecule has 0 aliphatic carbocycles. The van der Waals surface area contributed by atoms with Crippen LogP contribution in [0.2, 0.25) is 0 Å². The molecule has 0 saturated carbocycles. The van der Waals surface area contributed by atoms with Gasteiger partial charge in [-0.3, -0.25) is 9.69 Å². The van der Waals surface area contributed by atoms with Gasteiger partial charge in [0.1, 0.15) is 0 Å². The zero-order valence-corrected chi connectivity index (χ0v) is 18.9. The summed E-state index contributed by atoms with van der Waals surface area (Å²) >= 11 is 0. The maximum atomic E-state index is 13.2. The number of oxazole rings is 1. The van der Waals surface area contributed by atoms with Gasteiger partial charge in [0.25, 0.3) is 5.91 Å². The molecule has 6 nitrogen and oxygen atoms in total. The van der Waals surface area contributed by atoms with Gasteiger partial charge in [0.2, 0.25) is 5.89 Å². The molecule has 1 amide bonds. The Morgan fingerprint density at radius 2 is 1.59 bits per heavy atom. The predicted octanol–water partition coefficient (Wildman–Crippen LogP) is 4.77. The quantitative estimate of drug-likeness (QED) is 0.437. The fourth-order valence-corrected chi connectivity index (χ4v) is 4.16. The first-order valence-corrected chi connectivity index (χ1v) is 11.5. The van der Waals surface area contributed by atoms with Crippen molar-refractivity contribution >= 4 is 5.91 Å². The first-order valence-electron chi connectivity index (χ1n) is 11.5. The predicted molar refractivity (Wildman–Crippen MR) is 131 cm³/mol. The van der Waals surface area contributed by atoms with Gasteiger partial charge in [0.15, 0.2) is 5.76 Å². The average Bonchev–Trinajstić information content (AvgIpc) is 3.39. The lowest BCUT2D eigenvalue weighted by Gasteiger charge is -2.27. The number of nitrogens with zero attached hydrogens (tertiary/aromatic N) is 2. The largest absolute Gasteiger partial charge is 0.436 e. The van der Waals surface area contributed by atoms with Crippen LogP contribution in [0.4, 0.5) is 0 Å². The van der Waals surface area contributed by atoms with E-state index in [-0.39, 0.29) is 5.91 Å². The van der Waals surface area contributed by atoms with Crippen LogP contribution in [0.3, 0.4) is 0 Å². The average molecular weight is 454 g/mol. The zero-order valence-electron chi connectivity index (χ0n) is 18.9. The lowest BCUT2D eigenvalue weighted by molar-refractivity contribution is 0.0340. The molecule has 1 aliphatic heterocycles. The van der Waals surface area contributed by atoms with E-state index in [1.54, 1.807) is 12.3 Å². The van der Waals surface area contributed by atoms with Crippen LogP contribution in [0.5, 0.6) is 0 Å². The fraction of sp³-hybridized carbons (Fsp3) is 0.214. The number of rotatable bonds is 7. The van der Waals surface area contributed by atoms with Gasteiger partial charge in [0, 0.05) is 37.3 Å². The Morgan fingerprint density at radius 1 is 0.882 bits per heavy atom. The molecular formula is C28H27N3O3. The molecule has 1 fully saturated rings. The highest BCUT2D eigenvalue weighted by Crippen LogP contribution is 2.28. The molecular weight excluding hydrogens is 426 g/mol. The van der Waals surface area contributed by atoms with Gasteiger partial charge in [-0.05, 0) is 23.3 Å². The van der Waals surface area contributed by atoms with Crippen molar-refractivity contribution in [3.63, 3.8) is 0 Å². The number of benzene rings is 3. The minimum absolute atomic E-state index is 0.156. The van der Waals surface area contributed by atoms with Crippen LogP contribution < -0.4 is 5.32 Å². The second-order valence-electron chi connectivity index (χ2n) is 8.28. The molecule has 1 aromatic heterocycles. The number of amides is 1. The maximum Gasteiger partial charge on any atom is 0.252 e. The van der Waals surface area contributed by atoms with E-state index < -0.39 is 0 Å². The lowest BCUT2D eigenvalue weighted by atomic mass is 10.0. The van der Waals surface area contributed by atoms with E-state index in [0.717, 1.165) is 44.0 Å². The van der Waals surface area contributed by atoms with Crippen LogP contribution in [-0.4, -0.2) is 42.1 Å². The Morgan fingerprint density at radius 3 is 2.41 bits per heavy atom. The van der Waals surface area contributed by atoms with E-state index >= 15 is 0 Å². The third-order valence-corrected chi connectivity index (χ3v) is 6.02. The number of aromatic nitrogens is 1. The number of nitrogens with one attached hydrogen (secondary N) is 1. The highest BCUT2D eigenvalue weighted by molar-refractivity contribution is 6.00. The smallest absolute Gasteiger partial charge is 0.252 e. The summed E-state index contributed by atoms with van der Waals surface area (Å²) in [5, 5.41) is 3.09. The lowest BCUT2D eigenvalue weighted by Crippen LogP contribution is -2.36. The van der Waals surface area contributed by atoms with E-state index in [0.29, 0.717) is 29.3 Å². The van der Waals surface area contributed by atoms with Gasteiger partial charge in [-0.2, -0.15) is 0 Å². The molecule has 0 bridgehead atoms. The van der Waals surface area contributed by atoms with E-state index in [9.17, 15) is 4.79 Å². The van der Waals surface area contributed by atoms with Crippen molar-refractivity contribution in [2.24, 2.45) is 0 Å². The van der Waals surface area contributed by atoms with Crippen LogP contribution >= 0.6 is 0 Å². The minimum Gasteiger partial charge on any atom is -0.436 e. The number of carbonyl (C=O) groups excluding carboxylic acids is 1. The fourth-order valence-electron chi connectivity index (χ4n) is 4.16. The van der Waals surface area contributed by atoms with Crippen LogP contribution in [0.15, 0.2) is 89.5 Å². The molecule has 3 aromatic carbocycles. The Kier molecular flexibility index (Phi) is 6.79. The van der Waals surface area contributed by atoms with Gasteiger partial charge in [-0.25, -0.2) is 4.98 Å². The Hall–Kier alpha value is -3.74. The normalized spacial score (nSPS) is 14.1. The molecule has 172 valence electrons. The maximum absolute atomic E-state index is 13.2. The summed E-state index contributed by atoms with van der Waals surface area (Å²) in [6.45, 7) is 4.69. The molecule has 6 heteroatoms. The second kappa shape index (κ2) is 10.5. The van der Waals surface area contributed by atoms with Crippen LogP contribution in [0.25, 0.3) is 22.8 Å². The molecule has 1 N–H and O–H groups in total. The monoisotopic (exact) mass is 453 g/mol. The zero-order chi connectivity index (χ0) is 23.2. The summed E-state index contributed by atoms with van der Waals surface area (Å²) in [5.41, 5.74) is 4.49. The summed E-state index contributed by atoms with van der Waals surface area (Å²) in [6, 6.07) is 25.5. The van der Waals surface area contributed by atoms with Crippen molar-refractivity contribution in [3.8, 4) is 22.8 Å². The highest BCUT2D eigenvalue weighted by Gasteiger charge is 2.18. The van der Waals surface area contributed by atoms with Gasteiger partial charge >= 0.3 is 0 Å². The number of morpholine rings is 1. The SMILES string of the molecule is O=C(NCc1ccccc1CN1CCOCC1)c1ccccc1-c1ncc(-c2ccccc2)o1. The third kappa shape index (κ3) is 5.09. The first kappa shape index (κ1) is 22.1. The number of hydrogen-bond donors (Lipinski definition) is 1. The van der Waals surface area contributed by atoms with Crippen LogP contribution in [-0.2, 0) is 17.8 Å². The summed E-state index contributed by atoms with van der Waals surface area (Å²) in [7, 11) is 0. The summed E-state index contributed by atoms with van der Waals surface area (Å²) in [4.78, 5) is 20.0. The van der Waals surface area contributed by atoms with Gasteiger partial charge in [-0.1, -0.05) is 66.7 Å². The van der Waals surface area contributed by atoms with E-state index in [4.69, 9.17) is 9.15 Å². The molecule has 5 rings (SSSR count). The van der Waals surface area contributed by atoms with Crippen molar-refractivity contribution in [1.82, 2.24) is 15.2 Å². The van der Waals surface area contributed by atoms with Gasteiger partial charge in [-0.15, -0.1) is 0 Å². The molecule has 34 heavy (non-hydrogen) atoms. The van der Waals surface area contributed by atoms with Crippen LogP contribution in [0, 0.1) is 0 Å². The number of carbonyl (C=O) groups is 1. The van der Waals surface area contributed by atoms with E-state index in [2.05, 4.69) is 27.3 Å². The summed E-state index contributed by atoms with van der Waals surface area (Å²) in [5.74, 6) is 0.941. The van der Waals surface area contributed by atoms with E-state index in [1.807, 2.05) is 60.7 Å². The standard InChI is InChI=1S/C28H27N3O3/c32-27(29-18-22-10-4-5-11-23(22)20-31-14-16-33-17-15-31)24-12-6-7-13-25(24)28-30-19-26(34-28)21-8-2-1-3-9-21/h1-13,19H,14-18,20H2,(H,29,32). The molecule has 1 aliphatic rings. The molecule has 0 radical (unpaired) electrons. The summed E-state index contributed by atoms with van der Waals surface area (Å²) in [6.07, 6.45) is 1.70. The Bertz CT molecular complexity index is 1250. The van der Waals surface area contributed by atoms with Gasteiger partial charge in [0.05, 0.1) is 25.0 Å². The Labute approximate surface area is 199 Å². The van der Waals surface area contributed by atoms with Crippen molar-refractivity contribution in [2.45, 2.75) is 13.1 Å². The molecule has 0 atom stereocenters. The number of ether oxygens (including phenoxy) is 1. The minimum atomic E-state index is -0.156. The van der Waals surface area contributed by atoms with Crippen LogP contribution in [0.1, 0.15) is 21.5 Å². The second-order valence-corrected chi connectivity index (χ2v) is 8.28. The van der Waals surface area contributed by atoms with E-state index in [1.165, 1.54) is 5.56 Å². The number of hydrogen-bond acceptors (Lipinski definition) is 5. The Balaban J connectivity index is 1.31. The molecule has 2 heterocycles. The van der Waals surface area contributed by atoms with Crippen molar-refractivity contribution < 1.29 is 13.9 Å². The van der Waals surface area contributed by atoms with Crippen molar-refractivity contribution in [2.75, 3.05) is 26.3 Å². The molecule has 4 aromatic rings. The van der Waals surface area contributed by atoms with Crippen molar-refractivity contribution in [1.29, 1.82) is 0 Å². The van der Waals surface area contributed by atoms with Gasteiger partial charge < -0.3 is 14.5 Å². The first-order chi connectivity index (χ1) is 16.8. The molecule has 1 saturated heterocycles. The van der Waals surface area contributed by atoms with Crippen molar-refractivity contribution in [3.05, 3.63) is 102 Å². The molecule has 0 unspecified atom stereocenters. The molecule has 0 spiro atoms.